The van der Waals surface area contributed by atoms with Crippen molar-refractivity contribution in [2.45, 2.75) is 44.5 Å². The molecule has 1 heterocycles. The maximum atomic E-state index is 12.9. The maximum Gasteiger partial charge on any atom is 0.255 e. The summed E-state index contributed by atoms with van der Waals surface area (Å²) in [7, 11) is 0. The summed E-state index contributed by atoms with van der Waals surface area (Å²) >= 11 is 0. The van der Waals surface area contributed by atoms with Crippen molar-refractivity contribution >= 4 is 16.7 Å². The van der Waals surface area contributed by atoms with Crippen molar-refractivity contribution in [1.29, 1.82) is 0 Å². The van der Waals surface area contributed by atoms with E-state index in [1.165, 1.54) is 0 Å². The summed E-state index contributed by atoms with van der Waals surface area (Å²) in [6.07, 6.45) is 4.10. The molecule has 2 aromatic carbocycles. The highest BCUT2D eigenvalue weighted by Gasteiger charge is 2.43. The SMILES string of the molecule is CCOc1ccc2ccccc2c1C(=O)NCC1COC2(CCCC2)O1. The van der Waals surface area contributed by atoms with E-state index >= 15 is 0 Å². The quantitative estimate of drug-likeness (QED) is 0.889. The van der Waals surface area contributed by atoms with E-state index in [1.807, 2.05) is 43.3 Å². The van der Waals surface area contributed by atoms with Gasteiger partial charge in [0.1, 0.15) is 11.9 Å². The second-order valence-corrected chi connectivity index (χ2v) is 6.97. The molecule has 138 valence electrons. The Hall–Kier alpha value is -2.11. The summed E-state index contributed by atoms with van der Waals surface area (Å²) in [6, 6.07) is 11.7. The molecule has 1 N–H and O–H groups in total. The number of carbonyl (C=O) groups excluding carboxylic acids is 1. The van der Waals surface area contributed by atoms with Crippen molar-refractivity contribution < 1.29 is 19.0 Å². The topological polar surface area (TPSA) is 56.8 Å². The number of hydrogen-bond acceptors (Lipinski definition) is 4. The van der Waals surface area contributed by atoms with Crippen LogP contribution in [0.3, 0.4) is 0 Å². The smallest absolute Gasteiger partial charge is 0.255 e. The molecule has 1 aliphatic carbocycles. The van der Waals surface area contributed by atoms with Crippen LogP contribution < -0.4 is 10.1 Å². The first-order valence-corrected chi connectivity index (χ1v) is 9.45. The number of rotatable bonds is 5. The van der Waals surface area contributed by atoms with E-state index < -0.39 is 5.79 Å². The molecule has 4 rings (SSSR count). The predicted octanol–water partition coefficient (Wildman–Crippen LogP) is 3.65. The van der Waals surface area contributed by atoms with Crippen LogP contribution >= 0.6 is 0 Å². The molecule has 0 radical (unpaired) electrons. The summed E-state index contributed by atoms with van der Waals surface area (Å²) in [6.45, 7) is 3.41. The molecule has 2 aliphatic rings. The average molecular weight is 355 g/mol. The second kappa shape index (κ2) is 7.25. The molecule has 26 heavy (non-hydrogen) atoms. The highest BCUT2D eigenvalue weighted by molar-refractivity contribution is 6.09. The van der Waals surface area contributed by atoms with Gasteiger partial charge in [0.15, 0.2) is 5.79 Å². The van der Waals surface area contributed by atoms with Crippen LogP contribution in [-0.4, -0.2) is 37.6 Å². The third-order valence-electron chi connectivity index (χ3n) is 5.19. The number of amides is 1. The molecule has 1 amide bonds. The molecular formula is C21H25NO4. The predicted molar refractivity (Wildman–Crippen MR) is 99.5 cm³/mol. The van der Waals surface area contributed by atoms with Gasteiger partial charge in [0.05, 0.1) is 18.8 Å². The minimum absolute atomic E-state index is 0.0948. The van der Waals surface area contributed by atoms with Crippen LogP contribution in [0.2, 0.25) is 0 Å². The molecule has 5 nitrogen and oxygen atoms in total. The van der Waals surface area contributed by atoms with E-state index in [-0.39, 0.29) is 12.0 Å². The van der Waals surface area contributed by atoms with Gasteiger partial charge in [-0.05, 0) is 36.6 Å². The molecule has 0 aromatic heterocycles. The van der Waals surface area contributed by atoms with Gasteiger partial charge in [-0.25, -0.2) is 0 Å². The lowest BCUT2D eigenvalue weighted by Crippen LogP contribution is -2.35. The fourth-order valence-corrected chi connectivity index (χ4v) is 3.95. The van der Waals surface area contributed by atoms with Gasteiger partial charge >= 0.3 is 0 Å². The average Bonchev–Trinajstić information content (AvgIpc) is 3.29. The first-order chi connectivity index (χ1) is 12.7. The highest BCUT2D eigenvalue weighted by atomic mass is 16.7. The van der Waals surface area contributed by atoms with E-state index in [0.29, 0.717) is 31.1 Å². The van der Waals surface area contributed by atoms with Crippen molar-refractivity contribution in [2.75, 3.05) is 19.8 Å². The number of benzene rings is 2. The van der Waals surface area contributed by atoms with Gasteiger partial charge in [-0.15, -0.1) is 0 Å². The number of carbonyl (C=O) groups is 1. The summed E-state index contributed by atoms with van der Waals surface area (Å²) in [5.41, 5.74) is 0.583. The Labute approximate surface area is 153 Å². The zero-order chi connectivity index (χ0) is 18.0. The second-order valence-electron chi connectivity index (χ2n) is 6.97. The standard InChI is InChI=1S/C21H25NO4/c1-2-24-18-10-9-15-7-3-4-8-17(15)19(18)20(23)22-13-16-14-25-21(26-16)11-5-6-12-21/h3-4,7-10,16H,2,5-6,11-14H2,1H3,(H,22,23). The van der Waals surface area contributed by atoms with Crippen LogP contribution in [0.1, 0.15) is 43.0 Å². The van der Waals surface area contributed by atoms with Gasteiger partial charge in [0.2, 0.25) is 0 Å². The number of fused-ring (bicyclic) bond motifs is 1. The third kappa shape index (κ3) is 3.29. The lowest BCUT2D eigenvalue weighted by Gasteiger charge is -2.22. The molecule has 1 unspecified atom stereocenters. The van der Waals surface area contributed by atoms with Crippen LogP contribution in [0, 0.1) is 0 Å². The normalized spacial score (nSPS) is 21.3. The lowest BCUT2D eigenvalue weighted by molar-refractivity contribution is -0.161. The number of ether oxygens (including phenoxy) is 3. The summed E-state index contributed by atoms with van der Waals surface area (Å²) in [4.78, 5) is 12.9. The van der Waals surface area contributed by atoms with E-state index in [4.69, 9.17) is 14.2 Å². The van der Waals surface area contributed by atoms with E-state index in [9.17, 15) is 4.79 Å². The van der Waals surface area contributed by atoms with Crippen LogP contribution in [0.5, 0.6) is 5.75 Å². The fourth-order valence-electron chi connectivity index (χ4n) is 3.95. The van der Waals surface area contributed by atoms with Gasteiger partial charge in [-0.2, -0.15) is 0 Å². The Kier molecular flexibility index (Phi) is 4.83. The van der Waals surface area contributed by atoms with Crippen molar-refractivity contribution in [3.8, 4) is 5.75 Å². The fraction of sp³-hybridized carbons (Fsp3) is 0.476. The molecule has 0 bridgehead atoms. The molecular weight excluding hydrogens is 330 g/mol. The zero-order valence-corrected chi connectivity index (χ0v) is 15.1. The van der Waals surface area contributed by atoms with Crippen LogP contribution in [0.25, 0.3) is 10.8 Å². The Balaban J connectivity index is 1.50. The van der Waals surface area contributed by atoms with Crippen LogP contribution in [0.15, 0.2) is 36.4 Å². The van der Waals surface area contributed by atoms with Gasteiger partial charge in [0.25, 0.3) is 5.91 Å². The van der Waals surface area contributed by atoms with Crippen LogP contribution in [0.4, 0.5) is 0 Å². The monoisotopic (exact) mass is 355 g/mol. The third-order valence-corrected chi connectivity index (χ3v) is 5.19. The molecule has 1 aliphatic heterocycles. The molecule has 1 saturated carbocycles. The van der Waals surface area contributed by atoms with Gasteiger partial charge < -0.3 is 19.5 Å². The van der Waals surface area contributed by atoms with Gasteiger partial charge in [0, 0.05) is 19.4 Å². The number of hydrogen-bond donors (Lipinski definition) is 1. The summed E-state index contributed by atoms with van der Waals surface area (Å²) < 4.78 is 17.7. The van der Waals surface area contributed by atoms with Crippen LogP contribution in [-0.2, 0) is 9.47 Å². The minimum Gasteiger partial charge on any atom is -0.493 e. The van der Waals surface area contributed by atoms with Crippen molar-refractivity contribution in [2.24, 2.45) is 0 Å². The first kappa shape index (κ1) is 17.3. The van der Waals surface area contributed by atoms with Crippen molar-refractivity contribution in [3.05, 3.63) is 42.0 Å². The van der Waals surface area contributed by atoms with E-state index in [0.717, 1.165) is 36.5 Å². The minimum atomic E-state index is -0.397. The maximum absolute atomic E-state index is 12.9. The first-order valence-electron chi connectivity index (χ1n) is 9.45. The zero-order valence-electron chi connectivity index (χ0n) is 15.1. The highest BCUT2D eigenvalue weighted by Crippen LogP contribution is 2.39. The largest absolute Gasteiger partial charge is 0.493 e. The molecule has 2 fully saturated rings. The Morgan fingerprint density at radius 1 is 1.23 bits per heavy atom. The van der Waals surface area contributed by atoms with Crippen molar-refractivity contribution in [1.82, 2.24) is 5.32 Å². The lowest BCUT2D eigenvalue weighted by atomic mass is 10.0. The van der Waals surface area contributed by atoms with E-state index in [1.54, 1.807) is 0 Å². The molecule has 1 atom stereocenters. The molecule has 5 heteroatoms. The number of nitrogens with one attached hydrogen (secondary N) is 1. The Morgan fingerprint density at radius 3 is 2.85 bits per heavy atom. The Morgan fingerprint density at radius 2 is 2.04 bits per heavy atom. The molecule has 1 spiro atoms. The molecule has 2 aromatic rings. The van der Waals surface area contributed by atoms with Gasteiger partial charge in [-0.1, -0.05) is 30.3 Å². The summed E-state index contributed by atoms with van der Waals surface area (Å²) in [5, 5.41) is 4.93. The van der Waals surface area contributed by atoms with E-state index in [2.05, 4.69) is 5.32 Å². The van der Waals surface area contributed by atoms with Crippen molar-refractivity contribution in [3.63, 3.8) is 0 Å². The molecule has 1 saturated heterocycles. The Bertz CT molecular complexity index is 798. The van der Waals surface area contributed by atoms with Gasteiger partial charge in [-0.3, -0.25) is 4.79 Å². The summed E-state index contributed by atoms with van der Waals surface area (Å²) in [5.74, 6) is 0.0754.